The highest BCUT2D eigenvalue weighted by Crippen LogP contribution is 2.15. The zero-order valence-corrected chi connectivity index (χ0v) is 10.1. The molecule has 1 N–H and O–H groups in total. The van der Waals surface area contributed by atoms with Crippen LogP contribution in [-0.2, 0) is 9.53 Å². The molecule has 0 spiro atoms. The van der Waals surface area contributed by atoms with Gasteiger partial charge in [-0.2, -0.15) is 5.10 Å². The average molecular weight is 247 g/mol. The summed E-state index contributed by atoms with van der Waals surface area (Å²) in [6, 6.07) is 1.77. The van der Waals surface area contributed by atoms with Gasteiger partial charge in [0, 0.05) is 19.5 Å². The lowest BCUT2D eigenvalue weighted by molar-refractivity contribution is -0.124. The summed E-state index contributed by atoms with van der Waals surface area (Å²) in [4.78, 5) is 19.7. The van der Waals surface area contributed by atoms with Gasteiger partial charge in [-0.3, -0.25) is 4.79 Å². The summed E-state index contributed by atoms with van der Waals surface area (Å²) in [5.74, 6) is 0.243. The Morgan fingerprint density at radius 1 is 1.56 bits per heavy atom. The van der Waals surface area contributed by atoms with Crippen molar-refractivity contribution in [3.8, 4) is 5.82 Å². The van der Waals surface area contributed by atoms with Crippen molar-refractivity contribution in [3.05, 3.63) is 31.0 Å². The summed E-state index contributed by atoms with van der Waals surface area (Å²) in [5, 5.41) is 6.76. The van der Waals surface area contributed by atoms with Gasteiger partial charge in [0.15, 0.2) is 5.82 Å². The third-order valence-electron chi connectivity index (χ3n) is 2.39. The van der Waals surface area contributed by atoms with Crippen molar-refractivity contribution < 1.29 is 9.53 Å². The van der Waals surface area contributed by atoms with E-state index >= 15 is 0 Å². The third kappa shape index (κ3) is 2.51. The minimum atomic E-state index is -0.546. The van der Waals surface area contributed by atoms with Crippen LogP contribution in [0.15, 0.2) is 31.0 Å². The summed E-state index contributed by atoms with van der Waals surface area (Å²) in [6.07, 6.45) is 5.73. The smallest absolute Gasteiger partial charge is 0.253 e. The number of nitrogens with zero attached hydrogens (tertiary/aromatic N) is 4. The molecule has 1 unspecified atom stereocenters. The summed E-state index contributed by atoms with van der Waals surface area (Å²) in [7, 11) is 1.47. The Bertz CT molecular complexity index is 526. The van der Waals surface area contributed by atoms with Crippen molar-refractivity contribution in [2.45, 2.75) is 13.0 Å². The molecule has 0 saturated carbocycles. The van der Waals surface area contributed by atoms with Crippen molar-refractivity contribution in [2.75, 3.05) is 12.4 Å². The Hall–Kier alpha value is -2.28. The standard InChI is InChI=1S/C11H13N5O2/c1-8(18-2)11(17)15-9-6-12-7-13-10(9)16-5-3-4-14-16/h3-8H,1-2H3,(H,15,17). The first kappa shape index (κ1) is 12.2. The second kappa shape index (κ2) is 5.37. The SMILES string of the molecule is COC(C)C(=O)Nc1cncnc1-n1cccn1. The van der Waals surface area contributed by atoms with Crippen LogP contribution in [0.2, 0.25) is 0 Å². The first-order valence-corrected chi connectivity index (χ1v) is 5.36. The van der Waals surface area contributed by atoms with Crippen LogP contribution < -0.4 is 5.32 Å². The van der Waals surface area contributed by atoms with Gasteiger partial charge in [-0.05, 0) is 13.0 Å². The molecule has 7 heteroatoms. The number of methoxy groups -OCH3 is 1. The zero-order chi connectivity index (χ0) is 13.0. The van der Waals surface area contributed by atoms with Gasteiger partial charge in [0.2, 0.25) is 0 Å². The molecule has 0 fully saturated rings. The minimum Gasteiger partial charge on any atom is -0.372 e. The third-order valence-corrected chi connectivity index (χ3v) is 2.39. The molecule has 0 aliphatic carbocycles. The molecule has 2 aromatic rings. The highest BCUT2D eigenvalue weighted by atomic mass is 16.5. The molecule has 18 heavy (non-hydrogen) atoms. The van der Waals surface area contributed by atoms with Crippen LogP contribution in [0.4, 0.5) is 5.69 Å². The Morgan fingerprint density at radius 2 is 2.39 bits per heavy atom. The number of hydrogen-bond acceptors (Lipinski definition) is 5. The molecule has 0 aromatic carbocycles. The molecule has 1 atom stereocenters. The van der Waals surface area contributed by atoms with E-state index in [2.05, 4.69) is 20.4 Å². The molecule has 2 aromatic heterocycles. The van der Waals surface area contributed by atoms with E-state index in [4.69, 9.17) is 4.74 Å². The first-order valence-electron chi connectivity index (χ1n) is 5.36. The van der Waals surface area contributed by atoms with Gasteiger partial charge >= 0.3 is 0 Å². The van der Waals surface area contributed by atoms with Crippen molar-refractivity contribution in [1.29, 1.82) is 0 Å². The molecular weight excluding hydrogens is 234 g/mol. The number of anilines is 1. The maximum absolute atomic E-state index is 11.7. The van der Waals surface area contributed by atoms with Gasteiger partial charge in [-0.15, -0.1) is 0 Å². The lowest BCUT2D eigenvalue weighted by atomic mass is 10.3. The van der Waals surface area contributed by atoms with Gasteiger partial charge in [0.05, 0.1) is 6.20 Å². The maximum atomic E-state index is 11.7. The van der Waals surface area contributed by atoms with Gasteiger partial charge < -0.3 is 10.1 Å². The minimum absolute atomic E-state index is 0.263. The summed E-state index contributed by atoms with van der Waals surface area (Å²) >= 11 is 0. The monoisotopic (exact) mass is 247 g/mol. The van der Waals surface area contributed by atoms with Gasteiger partial charge in [0.25, 0.3) is 5.91 Å². The van der Waals surface area contributed by atoms with Gasteiger partial charge in [-0.1, -0.05) is 0 Å². The average Bonchev–Trinajstić information content (AvgIpc) is 2.92. The fraction of sp³-hybridized carbons (Fsp3) is 0.273. The predicted molar refractivity (Wildman–Crippen MR) is 64.3 cm³/mol. The number of rotatable bonds is 4. The van der Waals surface area contributed by atoms with E-state index in [0.29, 0.717) is 11.5 Å². The van der Waals surface area contributed by atoms with E-state index in [1.165, 1.54) is 19.6 Å². The van der Waals surface area contributed by atoms with E-state index in [1.807, 2.05) is 0 Å². The van der Waals surface area contributed by atoms with E-state index in [1.54, 1.807) is 30.1 Å². The second-order valence-electron chi connectivity index (χ2n) is 3.58. The number of amides is 1. The van der Waals surface area contributed by atoms with Crippen molar-refractivity contribution in [1.82, 2.24) is 19.7 Å². The topological polar surface area (TPSA) is 81.9 Å². The Morgan fingerprint density at radius 3 is 3.06 bits per heavy atom. The Kier molecular flexibility index (Phi) is 3.63. The normalized spacial score (nSPS) is 12.1. The number of aromatic nitrogens is 4. The first-order chi connectivity index (χ1) is 8.72. The zero-order valence-electron chi connectivity index (χ0n) is 10.1. The molecule has 0 aliphatic rings. The molecule has 94 valence electrons. The predicted octanol–water partition coefficient (Wildman–Crippen LogP) is 0.636. The molecule has 2 heterocycles. The second-order valence-corrected chi connectivity index (χ2v) is 3.58. The van der Waals surface area contributed by atoms with E-state index in [-0.39, 0.29) is 5.91 Å². The van der Waals surface area contributed by atoms with Crippen LogP contribution in [0.5, 0.6) is 0 Å². The van der Waals surface area contributed by atoms with E-state index < -0.39 is 6.10 Å². The maximum Gasteiger partial charge on any atom is 0.253 e. The van der Waals surface area contributed by atoms with Gasteiger partial charge in [0.1, 0.15) is 18.1 Å². The molecule has 2 rings (SSSR count). The fourth-order valence-electron chi connectivity index (χ4n) is 1.33. The van der Waals surface area contributed by atoms with E-state index in [9.17, 15) is 4.79 Å². The number of nitrogens with one attached hydrogen (secondary N) is 1. The summed E-state index contributed by atoms with van der Waals surface area (Å²) in [5.41, 5.74) is 0.482. The number of hydrogen-bond donors (Lipinski definition) is 1. The molecule has 1 amide bonds. The molecule has 0 radical (unpaired) electrons. The van der Waals surface area contributed by atoms with Crippen LogP contribution in [-0.4, -0.2) is 38.9 Å². The van der Waals surface area contributed by atoms with Gasteiger partial charge in [-0.25, -0.2) is 14.6 Å². The number of ether oxygens (including phenoxy) is 1. The van der Waals surface area contributed by atoms with Crippen LogP contribution in [0, 0.1) is 0 Å². The fourth-order valence-corrected chi connectivity index (χ4v) is 1.33. The quantitative estimate of drug-likeness (QED) is 0.857. The van der Waals surface area contributed by atoms with Crippen molar-refractivity contribution in [3.63, 3.8) is 0 Å². The molecule has 0 aliphatic heterocycles. The van der Waals surface area contributed by atoms with Crippen LogP contribution >= 0.6 is 0 Å². The number of carbonyl (C=O) groups excluding carboxylic acids is 1. The van der Waals surface area contributed by atoms with Crippen molar-refractivity contribution >= 4 is 11.6 Å². The largest absolute Gasteiger partial charge is 0.372 e. The molecular formula is C11H13N5O2. The van der Waals surface area contributed by atoms with Crippen LogP contribution in [0.25, 0.3) is 5.82 Å². The highest BCUT2D eigenvalue weighted by Gasteiger charge is 2.15. The van der Waals surface area contributed by atoms with Crippen LogP contribution in [0.1, 0.15) is 6.92 Å². The Balaban J connectivity index is 2.26. The molecule has 0 saturated heterocycles. The Labute approximate surface area is 104 Å². The number of carbonyl (C=O) groups is 1. The lowest BCUT2D eigenvalue weighted by Gasteiger charge is -2.12. The highest BCUT2D eigenvalue weighted by molar-refractivity contribution is 5.95. The molecule has 0 bridgehead atoms. The summed E-state index contributed by atoms with van der Waals surface area (Å²) in [6.45, 7) is 1.66. The summed E-state index contributed by atoms with van der Waals surface area (Å²) < 4.78 is 6.49. The van der Waals surface area contributed by atoms with Crippen molar-refractivity contribution in [2.24, 2.45) is 0 Å². The van der Waals surface area contributed by atoms with Crippen LogP contribution in [0.3, 0.4) is 0 Å². The lowest BCUT2D eigenvalue weighted by Crippen LogP contribution is -2.27. The van der Waals surface area contributed by atoms with E-state index in [0.717, 1.165) is 0 Å². The molecule has 7 nitrogen and oxygen atoms in total.